The number of benzene rings is 2. The highest BCUT2D eigenvalue weighted by Crippen LogP contribution is 2.28. The monoisotopic (exact) mass is 283 g/mol. The van der Waals surface area contributed by atoms with Crippen LogP contribution >= 0.6 is 0 Å². The van der Waals surface area contributed by atoms with Crippen LogP contribution in [0.15, 0.2) is 42.5 Å². The number of aryl methyl sites for hydroxylation is 1. The molecule has 0 spiro atoms. The maximum Gasteiger partial charge on any atom is 0.266 e. The Kier molecular flexibility index (Phi) is 3.92. The van der Waals surface area contributed by atoms with Gasteiger partial charge in [0.15, 0.2) is 11.6 Å². The van der Waals surface area contributed by atoms with Crippen molar-refractivity contribution in [3.8, 4) is 0 Å². The van der Waals surface area contributed by atoms with E-state index in [1.807, 2.05) is 6.92 Å². The van der Waals surface area contributed by atoms with Crippen molar-refractivity contribution in [3.05, 3.63) is 59.7 Å². The van der Waals surface area contributed by atoms with Crippen LogP contribution in [0.4, 0.5) is 20.2 Å². The van der Waals surface area contributed by atoms with Gasteiger partial charge in [-0.3, -0.25) is 4.55 Å². The molecule has 2 aromatic carbocycles. The van der Waals surface area contributed by atoms with Crippen molar-refractivity contribution in [2.24, 2.45) is 0 Å². The van der Waals surface area contributed by atoms with E-state index < -0.39 is 22.9 Å². The second-order valence-corrected chi connectivity index (χ2v) is 4.79. The van der Waals surface area contributed by atoms with E-state index in [1.54, 1.807) is 24.3 Å². The first-order chi connectivity index (χ1) is 8.99. The highest BCUT2D eigenvalue weighted by atomic mass is 32.2. The van der Waals surface area contributed by atoms with Crippen molar-refractivity contribution in [2.75, 3.05) is 4.31 Å². The smallest absolute Gasteiger partial charge is 0.266 e. The average Bonchev–Trinajstić information content (AvgIpc) is 2.36. The summed E-state index contributed by atoms with van der Waals surface area (Å²) in [6.07, 6.45) is 0. The van der Waals surface area contributed by atoms with E-state index >= 15 is 0 Å². The van der Waals surface area contributed by atoms with Gasteiger partial charge in [-0.05, 0) is 31.2 Å². The molecule has 0 aliphatic heterocycles. The highest BCUT2D eigenvalue weighted by molar-refractivity contribution is 7.81. The maximum absolute atomic E-state index is 13.2. The molecule has 2 rings (SSSR count). The molecular weight excluding hydrogens is 272 g/mol. The van der Waals surface area contributed by atoms with E-state index in [9.17, 15) is 17.5 Å². The molecule has 100 valence electrons. The third kappa shape index (κ3) is 2.97. The average molecular weight is 283 g/mol. The van der Waals surface area contributed by atoms with Crippen molar-refractivity contribution in [3.63, 3.8) is 0 Å². The normalized spacial score (nSPS) is 12.2. The molecule has 0 heterocycles. The van der Waals surface area contributed by atoms with E-state index in [2.05, 4.69) is 0 Å². The fourth-order valence-corrected chi connectivity index (χ4v) is 2.22. The van der Waals surface area contributed by atoms with Gasteiger partial charge in [-0.1, -0.05) is 17.7 Å². The third-order valence-electron chi connectivity index (χ3n) is 2.56. The maximum atomic E-state index is 13.2. The summed E-state index contributed by atoms with van der Waals surface area (Å²) in [7, 11) is 0. The minimum Gasteiger partial charge on any atom is -0.289 e. The van der Waals surface area contributed by atoms with Crippen LogP contribution in [0.25, 0.3) is 0 Å². The summed E-state index contributed by atoms with van der Waals surface area (Å²) in [4.78, 5) is 0. The second-order valence-electron chi connectivity index (χ2n) is 3.96. The molecule has 0 bridgehead atoms. The molecule has 1 unspecified atom stereocenters. The SMILES string of the molecule is Cc1ccc(N(c2ccc(F)c(F)c2)S(=O)O)cc1. The minimum absolute atomic E-state index is 0.101. The molecule has 0 amide bonds. The number of nitrogens with zero attached hydrogens (tertiary/aromatic N) is 1. The fourth-order valence-electron chi connectivity index (χ4n) is 1.62. The van der Waals surface area contributed by atoms with E-state index in [0.717, 1.165) is 22.0 Å². The van der Waals surface area contributed by atoms with Crippen molar-refractivity contribution in [2.45, 2.75) is 6.92 Å². The number of hydrogen-bond donors (Lipinski definition) is 1. The molecule has 0 aliphatic rings. The van der Waals surface area contributed by atoms with Gasteiger partial charge < -0.3 is 0 Å². The van der Waals surface area contributed by atoms with Crippen LogP contribution in [-0.2, 0) is 11.3 Å². The van der Waals surface area contributed by atoms with Crippen LogP contribution in [0.3, 0.4) is 0 Å². The zero-order valence-corrected chi connectivity index (χ0v) is 10.8. The molecule has 0 aliphatic carbocycles. The zero-order valence-electron chi connectivity index (χ0n) is 10.0. The van der Waals surface area contributed by atoms with Crippen molar-refractivity contribution in [1.29, 1.82) is 0 Å². The summed E-state index contributed by atoms with van der Waals surface area (Å²) >= 11 is -2.38. The molecule has 0 saturated carbocycles. The van der Waals surface area contributed by atoms with Crippen molar-refractivity contribution < 1.29 is 17.5 Å². The van der Waals surface area contributed by atoms with Gasteiger partial charge in [-0.15, -0.1) is 0 Å². The predicted molar refractivity (Wildman–Crippen MR) is 70.4 cm³/mol. The van der Waals surface area contributed by atoms with Crippen molar-refractivity contribution >= 4 is 22.6 Å². The molecule has 6 heteroatoms. The van der Waals surface area contributed by atoms with Gasteiger partial charge >= 0.3 is 0 Å². The topological polar surface area (TPSA) is 40.5 Å². The molecule has 0 fully saturated rings. The molecule has 1 atom stereocenters. The summed E-state index contributed by atoms with van der Waals surface area (Å²) in [5, 5.41) is 0. The molecule has 0 radical (unpaired) electrons. The lowest BCUT2D eigenvalue weighted by atomic mass is 10.2. The third-order valence-corrected chi connectivity index (χ3v) is 3.30. The lowest BCUT2D eigenvalue weighted by Crippen LogP contribution is -2.19. The Morgan fingerprint density at radius 2 is 1.58 bits per heavy atom. The Morgan fingerprint density at radius 1 is 1.00 bits per heavy atom. The molecule has 19 heavy (non-hydrogen) atoms. The van der Waals surface area contributed by atoms with Gasteiger partial charge in [0.05, 0.1) is 11.4 Å². The van der Waals surface area contributed by atoms with Crippen molar-refractivity contribution in [1.82, 2.24) is 0 Å². The number of anilines is 2. The Labute approximate surface area is 111 Å². The molecular formula is C13H11F2NO2S. The van der Waals surface area contributed by atoms with Gasteiger partial charge in [0.1, 0.15) is 0 Å². The van der Waals surface area contributed by atoms with Crippen LogP contribution in [-0.4, -0.2) is 8.76 Å². The molecule has 0 saturated heterocycles. The first-order valence-electron chi connectivity index (χ1n) is 5.42. The second kappa shape index (κ2) is 5.46. The number of halogens is 2. The Bertz CT molecular complexity index is 617. The minimum atomic E-state index is -2.38. The zero-order chi connectivity index (χ0) is 14.0. The summed E-state index contributed by atoms with van der Waals surface area (Å²) in [5.41, 5.74) is 1.50. The Morgan fingerprint density at radius 3 is 2.11 bits per heavy atom. The van der Waals surface area contributed by atoms with Crippen LogP contribution in [0.1, 0.15) is 5.56 Å². The van der Waals surface area contributed by atoms with Crippen LogP contribution in [0.5, 0.6) is 0 Å². The standard InChI is InChI=1S/C13H11F2NO2S/c1-9-2-4-10(5-3-9)16(19(17)18)11-6-7-12(14)13(15)8-11/h2-8H,1H3,(H,17,18). The Balaban J connectivity index is 2.48. The lowest BCUT2D eigenvalue weighted by molar-refractivity contribution is 0.508. The fraction of sp³-hybridized carbons (Fsp3) is 0.0769. The quantitative estimate of drug-likeness (QED) is 0.875. The van der Waals surface area contributed by atoms with Gasteiger partial charge in [-0.2, -0.15) is 0 Å². The summed E-state index contributed by atoms with van der Waals surface area (Å²) < 4.78 is 47.8. The van der Waals surface area contributed by atoms with E-state index in [4.69, 9.17) is 0 Å². The lowest BCUT2D eigenvalue weighted by Gasteiger charge is -2.20. The largest absolute Gasteiger partial charge is 0.289 e. The van der Waals surface area contributed by atoms with Crippen LogP contribution < -0.4 is 4.31 Å². The summed E-state index contributed by atoms with van der Waals surface area (Å²) in [6, 6.07) is 9.81. The number of hydrogen-bond acceptors (Lipinski definition) is 1. The van der Waals surface area contributed by atoms with E-state index in [-0.39, 0.29) is 5.69 Å². The first kappa shape index (κ1) is 13.6. The van der Waals surface area contributed by atoms with Gasteiger partial charge in [0.25, 0.3) is 11.3 Å². The first-order valence-corrected chi connectivity index (χ1v) is 6.48. The molecule has 0 aromatic heterocycles. The molecule has 3 nitrogen and oxygen atoms in total. The summed E-state index contributed by atoms with van der Waals surface area (Å²) in [6.45, 7) is 1.88. The Hall–Kier alpha value is -1.79. The van der Waals surface area contributed by atoms with Gasteiger partial charge in [-0.25, -0.2) is 17.3 Å². The van der Waals surface area contributed by atoms with Gasteiger partial charge in [0.2, 0.25) is 0 Å². The van der Waals surface area contributed by atoms with Crippen LogP contribution in [0.2, 0.25) is 0 Å². The van der Waals surface area contributed by atoms with E-state index in [0.29, 0.717) is 5.69 Å². The molecule has 1 N–H and O–H groups in total. The predicted octanol–water partition coefficient (Wildman–Crippen LogP) is 3.55. The molecule has 2 aromatic rings. The highest BCUT2D eigenvalue weighted by Gasteiger charge is 2.16. The summed E-state index contributed by atoms with van der Waals surface area (Å²) in [5.74, 6) is -2.07. The number of rotatable bonds is 3. The van der Waals surface area contributed by atoms with E-state index in [1.165, 1.54) is 6.07 Å². The van der Waals surface area contributed by atoms with Gasteiger partial charge in [0, 0.05) is 6.07 Å². The van der Waals surface area contributed by atoms with Crippen LogP contribution in [0, 0.1) is 18.6 Å².